The lowest BCUT2D eigenvalue weighted by molar-refractivity contribution is 0.262. The third-order valence-electron chi connectivity index (χ3n) is 3.34. The zero-order valence-corrected chi connectivity index (χ0v) is 10.0. The van der Waals surface area contributed by atoms with Crippen LogP contribution in [0, 0.1) is 0 Å². The monoisotopic (exact) mass is 231 g/mol. The molecule has 0 unspecified atom stereocenters. The van der Waals surface area contributed by atoms with Crippen molar-refractivity contribution >= 4 is 17.1 Å². The van der Waals surface area contributed by atoms with Crippen molar-refractivity contribution < 1.29 is 4.42 Å². The molecule has 1 aromatic heterocycles. The van der Waals surface area contributed by atoms with Gasteiger partial charge in [-0.1, -0.05) is 12.1 Å². The van der Waals surface area contributed by atoms with E-state index in [1.807, 2.05) is 24.3 Å². The highest BCUT2D eigenvalue weighted by Gasteiger charge is 2.18. The van der Waals surface area contributed by atoms with Crippen molar-refractivity contribution in [3.63, 3.8) is 0 Å². The summed E-state index contributed by atoms with van der Waals surface area (Å²) in [7, 11) is 2.16. The highest BCUT2D eigenvalue weighted by molar-refractivity contribution is 5.74. The van der Waals surface area contributed by atoms with Crippen molar-refractivity contribution in [1.82, 2.24) is 9.88 Å². The van der Waals surface area contributed by atoms with E-state index in [1.54, 1.807) is 0 Å². The van der Waals surface area contributed by atoms with E-state index in [2.05, 4.69) is 22.2 Å². The van der Waals surface area contributed by atoms with Crippen molar-refractivity contribution in [3.05, 3.63) is 24.3 Å². The Labute approximate surface area is 101 Å². The Kier molecular flexibility index (Phi) is 2.73. The topological polar surface area (TPSA) is 41.3 Å². The number of fused-ring (bicyclic) bond motifs is 1. The molecule has 0 bridgehead atoms. The molecule has 1 aliphatic rings. The maximum atomic E-state index is 5.66. The third kappa shape index (κ3) is 2.26. The molecule has 1 fully saturated rings. The molecule has 3 rings (SSSR count). The lowest BCUT2D eigenvalue weighted by Crippen LogP contribution is -2.36. The van der Waals surface area contributed by atoms with E-state index in [0.717, 1.165) is 37.0 Å². The quantitative estimate of drug-likeness (QED) is 0.861. The number of nitrogens with zero attached hydrogens (tertiary/aromatic N) is 2. The summed E-state index contributed by atoms with van der Waals surface area (Å²) in [5, 5.41) is 3.39. The van der Waals surface area contributed by atoms with Gasteiger partial charge in [-0.25, -0.2) is 0 Å². The van der Waals surface area contributed by atoms with Gasteiger partial charge < -0.3 is 14.6 Å². The molecule has 1 saturated heterocycles. The molecule has 90 valence electrons. The Bertz CT molecular complexity index is 467. The van der Waals surface area contributed by atoms with Crippen molar-refractivity contribution in [2.75, 3.05) is 25.5 Å². The molecular weight excluding hydrogens is 214 g/mol. The number of piperidine rings is 1. The fourth-order valence-corrected chi connectivity index (χ4v) is 2.26. The SMILES string of the molecule is CN1CCC(Nc2nc3ccccc3o2)CC1. The van der Waals surface area contributed by atoms with Gasteiger partial charge in [0.25, 0.3) is 6.01 Å². The number of likely N-dealkylation sites (tertiary alicyclic amines) is 1. The van der Waals surface area contributed by atoms with E-state index in [4.69, 9.17) is 4.42 Å². The van der Waals surface area contributed by atoms with Crippen LogP contribution in [0.4, 0.5) is 6.01 Å². The number of oxazole rings is 1. The Balaban J connectivity index is 1.72. The molecule has 0 radical (unpaired) electrons. The molecule has 4 nitrogen and oxygen atoms in total. The zero-order valence-electron chi connectivity index (χ0n) is 10.0. The smallest absolute Gasteiger partial charge is 0.295 e. The summed E-state index contributed by atoms with van der Waals surface area (Å²) in [4.78, 5) is 6.79. The summed E-state index contributed by atoms with van der Waals surface area (Å²) in [5.74, 6) is 0. The third-order valence-corrected chi connectivity index (χ3v) is 3.34. The first-order valence-electron chi connectivity index (χ1n) is 6.12. The number of hydrogen-bond donors (Lipinski definition) is 1. The predicted octanol–water partition coefficient (Wildman–Crippen LogP) is 2.33. The Hall–Kier alpha value is -1.55. The van der Waals surface area contributed by atoms with Crippen LogP contribution in [0.25, 0.3) is 11.1 Å². The van der Waals surface area contributed by atoms with Crippen molar-refractivity contribution in [2.24, 2.45) is 0 Å². The Morgan fingerprint density at radius 2 is 2.06 bits per heavy atom. The lowest BCUT2D eigenvalue weighted by Gasteiger charge is -2.28. The molecule has 17 heavy (non-hydrogen) atoms. The Morgan fingerprint density at radius 1 is 1.29 bits per heavy atom. The van der Waals surface area contributed by atoms with Crippen LogP contribution in [-0.4, -0.2) is 36.1 Å². The van der Waals surface area contributed by atoms with Gasteiger partial charge in [0.15, 0.2) is 5.58 Å². The molecule has 1 N–H and O–H groups in total. The van der Waals surface area contributed by atoms with E-state index < -0.39 is 0 Å². The van der Waals surface area contributed by atoms with Crippen molar-refractivity contribution in [3.8, 4) is 0 Å². The molecule has 0 spiro atoms. The van der Waals surface area contributed by atoms with Crippen LogP contribution in [-0.2, 0) is 0 Å². The van der Waals surface area contributed by atoms with Crippen LogP contribution in [0.3, 0.4) is 0 Å². The number of hydrogen-bond acceptors (Lipinski definition) is 4. The van der Waals surface area contributed by atoms with Crippen LogP contribution in [0.15, 0.2) is 28.7 Å². The summed E-state index contributed by atoms with van der Waals surface area (Å²) in [6.45, 7) is 2.27. The molecule has 1 aliphatic heterocycles. The van der Waals surface area contributed by atoms with Crippen molar-refractivity contribution in [2.45, 2.75) is 18.9 Å². The average molecular weight is 231 g/mol. The van der Waals surface area contributed by atoms with Gasteiger partial charge in [-0.2, -0.15) is 4.98 Å². The number of rotatable bonds is 2. The van der Waals surface area contributed by atoms with E-state index in [-0.39, 0.29) is 0 Å². The second-order valence-electron chi connectivity index (χ2n) is 4.71. The summed E-state index contributed by atoms with van der Waals surface area (Å²) in [6.07, 6.45) is 2.30. The molecule has 1 aromatic carbocycles. The van der Waals surface area contributed by atoms with Crippen LogP contribution in [0.1, 0.15) is 12.8 Å². The minimum Gasteiger partial charge on any atom is -0.424 e. The maximum absolute atomic E-state index is 5.66. The fraction of sp³-hybridized carbons (Fsp3) is 0.462. The predicted molar refractivity (Wildman–Crippen MR) is 68.2 cm³/mol. The minimum absolute atomic E-state index is 0.485. The lowest BCUT2D eigenvalue weighted by atomic mass is 10.1. The number of para-hydroxylation sites is 2. The van der Waals surface area contributed by atoms with E-state index in [0.29, 0.717) is 12.1 Å². The highest BCUT2D eigenvalue weighted by Crippen LogP contribution is 2.20. The van der Waals surface area contributed by atoms with Gasteiger partial charge in [0.2, 0.25) is 0 Å². The summed E-state index contributed by atoms with van der Waals surface area (Å²) in [5.41, 5.74) is 1.77. The maximum Gasteiger partial charge on any atom is 0.295 e. The molecule has 2 heterocycles. The van der Waals surface area contributed by atoms with Crippen LogP contribution in [0.5, 0.6) is 0 Å². The normalized spacial score (nSPS) is 18.6. The minimum atomic E-state index is 0.485. The molecule has 4 heteroatoms. The van der Waals surface area contributed by atoms with Crippen molar-refractivity contribution in [1.29, 1.82) is 0 Å². The summed E-state index contributed by atoms with van der Waals surface area (Å²) < 4.78 is 5.66. The molecule has 0 saturated carbocycles. The van der Waals surface area contributed by atoms with Gasteiger partial charge in [0.05, 0.1) is 0 Å². The summed E-state index contributed by atoms with van der Waals surface area (Å²) >= 11 is 0. The molecular formula is C13H17N3O. The molecule has 0 aliphatic carbocycles. The van der Waals surface area contributed by atoms with E-state index >= 15 is 0 Å². The van der Waals surface area contributed by atoms with E-state index in [1.165, 1.54) is 0 Å². The first-order chi connectivity index (χ1) is 8.31. The second-order valence-corrected chi connectivity index (χ2v) is 4.71. The number of aromatic nitrogens is 1. The number of anilines is 1. The van der Waals surface area contributed by atoms with Crippen LogP contribution < -0.4 is 5.32 Å². The molecule has 0 amide bonds. The zero-order chi connectivity index (χ0) is 11.7. The van der Waals surface area contributed by atoms with Gasteiger partial charge in [0.1, 0.15) is 5.52 Å². The first kappa shape index (κ1) is 10.6. The Morgan fingerprint density at radius 3 is 2.82 bits per heavy atom. The number of benzene rings is 1. The first-order valence-corrected chi connectivity index (χ1v) is 6.12. The van der Waals surface area contributed by atoms with Gasteiger partial charge in [0, 0.05) is 6.04 Å². The van der Waals surface area contributed by atoms with Gasteiger partial charge in [-0.05, 0) is 45.1 Å². The van der Waals surface area contributed by atoms with Gasteiger partial charge in [-0.15, -0.1) is 0 Å². The molecule has 0 atom stereocenters. The fourth-order valence-electron chi connectivity index (χ4n) is 2.26. The average Bonchev–Trinajstić information content (AvgIpc) is 2.74. The van der Waals surface area contributed by atoms with Crippen LogP contribution in [0.2, 0.25) is 0 Å². The summed E-state index contributed by atoms with van der Waals surface area (Å²) in [6, 6.07) is 9.00. The molecule has 2 aromatic rings. The van der Waals surface area contributed by atoms with E-state index in [9.17, 15) is 0 Å². The van der Waals surface area contributed by atoms with Gasteiger partial charge in [-0.3, -0.25) is 0 Å². The largest absolute Gasteiger partial charge is 0.424 e. The van der Waals surface area contributed by atoms with Gasteiger partial charge >= 0.3 is 0 Å². The highest BCUT2D eigenvalue weighted by atomic mass is 16.4. The number of nitrogens with one attached hydrogen (secondary N) is 1. The van der Waals surface area contributed by atoms with Crippen LogP contribution >= 0.6 is 0 Å². The second kappa shape index (κ2) is 4.37. The standard InChI is InChI=1S/C13H17N3O/c1-16-8-6-10(7-9-16)14-13-15-11-4-2-3-5-12(11)17-13/h2-5,10H,6-9H2,1H3,(H,14,15).